The zero-order valence-corrected chi connectivity index (χ0v) is 8.20. The lowest BCUT2D eigenvalue weighted by atomic mass is 10.2. The van der Waals surface area contributed by atoms with E-state index in [2.05, 4.69) is 4.98 Å². The number of nitrogens with zero attached hydrogens (tertiary/aromatic N) is 1. The van der Waals surface area contributed by atoms with Gasteiger partial charge in [-0.3, -0.25) is 0 Å². The van der Waals surface area contributed by atoms with Crippen molar-refractivity contribution in [3.63, 3.8) is 0 Å². The smallest absolute Gasteiger partial charge is 0.340 e. The molecule has 0 spiro atoms. The standard InChI is InChI=1S/C9H13N3O2/c1-3-14-9(13)6-4-7(10)8(11)12-5(6)2/h4H,3,10H2,1-2H3,(H2,11,12). The van der Waals surface area contributed by atoms with Gasteiger partial charge in [0.1, 0.15) is 5.82 Å². The third-order valence-electron chi connectivity index (χ3n) is 1.77. The van der Waals surface area contributed by atoms with Crippen molar-refractivity contribution in [2.45, 2.75) is 13.8 Å². The third-order valence-corrected chi connectivity index (χ3v) is 1.77. The number of nitrogens with two attached hydrogens (primary N) is 2. The highest BCUT2D eigenvalue weighted by atomic mass is 16.5. The highest BCUT2D eigenvalue weighted by Gasteiger charge is 2.12. The molecule has 1 rings (SSSR count). The fourth-order valence-electron chi connectivity index (χ4n) is 1.05. The molecule has 0 aliphatic heterocycles. The Morgan fingerprint density at radius 1 is 1.57 bits per heavy atom. The summed E-state index contributed by atoms with van der Waals surface area (Å²) in [5, 5.41) is 0. The average Bonchev–Trinajstić information content (AvgIpc) is 2.11. The predicted octanol–water partition coefficient (Wildman–Crippen LogP) is 0.731. The Morgan fingerprint density at radius 3 is 2.79 bits per heavy atom. The van der Waals surface area contributed by atoms with Gasteiger partial charge in [0.15, 0.2) is 0 Å². The third kappa shape index (κ3) is 1.93. The maximum atomic E-state index is 11.4. The first-order chi connectivity index (χ1) is 6.56. The van der Waals surface area contributed by atoms with E-state index < -0.39 is 5.97 Å². The number of aryl methyl sites for hydroxylation is 1. The van der Waals surface area contributed by atoms with E-state index >= 15 is 0 Å². The summed E-state index contributed by atoms with van der Waals surface area (Å²) in [4.78, 5) is 15.3. The van der Waals surface area contributed by atoms with E-state index in [9.17, 15) is 4.79 Å². The highest BCUT2D eigenvalue weighted by Crippen LogP contribution is 2.17. The van der Waals surface area contributed by atoms with Crippen molar-refractivity contribution in [3.05, 3.63) is 17.3 Å². The van der Waals surface area contributed by atoms with Crippen molar-refractivity contribution in [1.82, 2.24) is 4.98 Å². The monoisotopic (exact) mass is 195 g/mol. The number of ether oxygens (including phenoxy) is 1. The molecule has 5 nitrogen and oxygen atoms in total. The Labute approximate surface area is 82.1 Å². The van der Waals surface area contributed by atoms with E-state index in [1.54, 1.807) is 13.8 Å². The minimum absolute atomic E-state index is 0.232. The van der Waals surface area contributed by atoms with E-state index in [-0.39, 0.29) is 5.82 Å². The molecule has 0 aliphatic carbocycles. The summed E-state index contributed by atoms with van der Waals surface area (Å²) in [5.41, 5.74) is 12.2. The Kier molecular flexibility index (Phi) is 2.91. The van der Waals surface area contributed by atoms with Gasteiger partial charge in [0.25, 0.3) is 0 Å². The van der Waals surface area contributed by atoms with Crippen molar-refractivity contribution < 1.29 is 9.53 Å². The van der Waals surface area contributed by atoms with Crippen LogP contribution in [0.15, 0.2) is 6.07 Å². The van der Waals surface area contributed by atoms with Gasteiger partial charge in [0, 0.05) is 0 Å². The molecule has 0 amide bonds. The second-order valence-corrected chi connectivity index (χ2v) is 2.82. The Bertz CT molecular complexity index is 363. The maximum absolute atomic E-state index is 11.4. The molecule has 76 valence electrons. The lowest BCUT2D eigenvalue weighted by Gasteiger charge is -2.07. The Balaban J connectivity index is 3.09. The van der Waals surface area contributed by atoms with Crippen LogP contribution in [0.3, 0.4) is 0 Å². The van der Waals surface area contributed by atoms with Crippen LogP contribution in [0.25, 0.3) is 0 Å². The van der Waals surface area contributed by atoms with Crippen LogP contribution in [-0.4, -0.2) is 17.6 Å². The number of hydrogen-bond acceptors (Lipinski definition) is 5. The number of anilines is 2. The van der Waals surface area contributed by atoms with Crippen molar-refractivity contribution in [3.8, 4) is 0 Å². The number of carbonyl (C=O) groups is 1. The minimum atomic E-state index is -0.427. The van der Waals surface area contributed by atoms with Crippen LogP contribution in [-0.2, 0) is 4.74 Å². The first-order valence-electron chi connectivity index (χ1n) is 4.26. The van der Waals surface area contributed by atoms with Crippen LogP contribution in [0.5, 0.6) is 0 Å². The molecule has 0 saturated heterocycles. The van der Waals surface area contributed by atoms with Crippen LogP contribution in [0.1, 0.15) is 23.0 Å². The van der Waals surface area contributed by atoms with E-state index in [1.165, 1.54) is 6.07 Å². The zero-order valence-electron chi connectivity index (χ0n) is 8.20. The van der Waals surface area contributed by atoms with E-state index in [0.717, 1.165) is 0 Å². The van der Waals surface area contributed by atoms with Crippen LogP contribution in [0.4, 0.5) is 11.5 Å². The van der Waals surface area contributed by atoms with Crippen molar-refractivity contribution in [2.75, 3.05) is 18.1 Å². The van der Waals surface area contributed by atoms with Crippen LogP contribution in [0.2, 0.25) is 0 Å². The molecule has 0 fully saturated rings. The summed E-state index contributed by atoms with van der Waals surface area (Å²) >= 11 is 0. The number of hydrogen-bond donors (Lipinski definition) is 2. The van der Waals surface area contributed by atoms with Crippen LogP contribution < -0.4 is 11.5 Å². The van der Waals surface area contributed by atoms with Crippen LogP contribution in [0, 0.1) is 6.92 Å². The number of aromatic nitrogens is 1. The SMILES string of the molecule is CCOC(=O)c1cc(N)c(N)nc1C. The van der Waals surface area contributed by atoms with Gasteiger partial charge in [-0.05, 0) is 19.9 Å². The molecule has 1 heterocycles. The summed E-state index contributed by atoms with van der Waals surface area (Å²) < 4.78 is 4.83. The van der Waals surface area contributed by atoms with E-state index in [1.807, 2.05) is 0 Å². The fourth-order valence-corrected chi connectivity index (χ4v) is 1.05. The molecule has 4 N–H and O–H groups in total. The zero-order chi connectivity index (χ0) is 10.7. The van der Waals surface area contributed by atoms with Gasteiger partial charge in [-0.1, -0.05) is 0 Å². The molecule has 5 heteroatoms. The molecule has 0 aromatic carbocycles. The molecule has 0 atom stereocenters. The lowest BCUT2D eigenvalue weighted by molar-refractivity contribution is 0.0525. The highest BCUT2D eigenvalue weighted by molar-refractivity contribution is 5.92. The summed E-state index contributed by atoms with van der Waals surface area (Å²) in [6, 6.07) is 1.48. The molecule has 14 heavy (non-hydrogen) atoms. The molecule has 0 saturated carbocycles. The molecule has 0 unspecified atom stereocenters. The molecule has 1 aromatic heterocycles. The predicted molar refractivity (Wildman–Crippen MR) is 53.8 cm³/mol. The first-order valence-corrected chi connectivity index (χ1v) is 4.26. The van der Waals surface area contributed by atoms with Gasteiger partial charge >= 0.3 is 5.97 Å². The Hall–Kier alpha value is -1.78. The summed E-state index contributed by atoms with van der Waals surface area (Å²) in [7, 11) is 0. The van der Waals surface area contributed by atoms with Gasteiger partial charge in [0.05, 0.1) is 23.6 Å². The van der Waals surface area contributed by atoms with Crippen LogP contribution >= 0.6 is 0 Å². The van der Waals surface area contributed by atoms with Gasteiger partial charge in [-0.2, -0.15) is 0 Å². The minimum Gasteiger partial charge on any atom is -0.462 e. The van der Waals surface area contributed by atoms with Crippen molar-refractivity contribution >= 4 is 17.5 Å². The van der Waals surface area contributed by atoms with E-state index in [0.29, 0.717) is 23.6 Å². The largest absolute Gasteiger partial charge is 0.462 e. The lowest BCUT2D eigenvalue weighted by Crippen LogP contribution is -2.10. The number of rotatable bonds is 2. The second-order valence-electron chi connectivity index (χ2n) is 2.82. The maximum Gasteiger partial charge on any atom is 0.340 e. The molecular formula is C9H13N3O2. The molecule has 0 aliphatic rings. The van der Waals surface area contributed by atoms with Gasteiger partial charge < -0.3 is 16.2 Å². The molecule has 0 radical (unpaired) electrons. The number of carbonyl (C=O) groups excluding carboxylic acids is 1. The van der Waals surface area contributed by atoms with Gasteiger partial charge in [-0.15, -0.1) is 0 Å². The summed E-state index contributed by atoms with van der Waals surface area (Å²) in [6.07, 6.45) is 0. The van der Waals surface area contributed by atoms with Gasteiger partial charge in [0.2, 0.25) is 0 Å². The summed E-state index contributed by atoms with van der Waals surface area (Å²) in [5.74, 6) is -0.195. The Morgan fingerprint density at radius 2 is 2.21 bits per heavy atom. The van der Waals surface area contributed by atoms with E-state index in [4.69, 9.17) is 16.2 Å². The first kappa shape index (κ1) is 10.3. The number of nitrogen functional groups attached to an aromatic ring is 2. The van der Waals surface area contributed by atoms with Crippen molar-refractivity contribution in [2.24, 2.45) is 0 Å². The molecular weight excluding hydrogens is 182 g/mol. The average molecular weight is 195 g/mol. The normalized spacial score (nSPS) is 9.86. The second kappa shape index (κ2) is 3.95. The molecule has 0 bridgehead atoms. The number of pyridine rings is 1. The summed E-state index contributed by atoms with van der Waals surface area (Å²) in [6.45, 7) is 3.74. The van der Waals surface area contributed by atoms with Crippen molar-refractivity contribution in [1.29, 1.82) is 0 Å². The quantitative estimate of drug-likeness (QED) is 0.679. The topological polar surface area (TPSA) is 91.2 Å². The fraction of sp³-hybridized carbons (Fsp3) is 0.333. The molecule has 1 aromatic rings. The number of esters is 1. The van der Waals surface area contributed by atoms with Gasteiger partial charge in [-0.25, -0.2) is 9.78 Å².